The molecule has 0 fully saturated rings. The highest BCUT2D eigenvalue weighted by molar-refractivity contribution is 5.99. The summed E-state index contributed by atoms with van der Waals surface area (Å²) in [6, 6.07) is 19.4. The number of aromatic nitrogens is 2. The number of fused-ring (bicyclic) bond motifs is 1. The maximum absolute atomic E-state index is 12.6. The van der Waals surface area contributed by atoms with Crippen molar-refractivity contribution in [3.63, 3.8) is 0 Å². The highest BCUT2D eigenvalue weighted by atomic mass is 16.5. The molecule has 142 valence electrons. The van der Waals surface area contributed by atoms with Crippen LogP contribution in [-0.4, -0.2) is 29.3 Å². The van der Waals surface area contributed by atoms with Crippen molar-refractivity contribution in [2.75, 3.05) is 13.7 Å². The van der Waals surface area contributed by atoms with E-state index in [4.69, 9.17) is 9.15 Å². The smallest absolute Gasteiger partial charge is 0.287 e. The molecule has 0 atom stereocenters. The number of ether oxygens (including phenoxy) is 1. The van der Waals surface area contributed by atoms with E-state index in [2.05, 4.69) is 10.4 Å². The van der Waals surface area contributed by atoms with Crippen LogP contribution in [0.2, 0.25) is 0 Å². The average Bonchev–Trinajstić information content (AvgIpc) is 3.34. The average molecular weight is 375 g/mol. The van der Waals surface area contributed by atoms with Gasteiger partial charge in [-0.15, -0.1) is 0 Å². The number of nitrogens with zero attached hydrogens (tertiary/aromatic N) is 2. The van der Waals surface area contributed by atoms with Gasteiger partial charge in [0.2, 0.25) is 0 Å². The number of benzene rings is 2. The summed E-state index contributed by atoms with van der Waals surface area (Å²) in [5, 5.41) is 8.37. The lowest BCUT2D eigenvalue weighted by molar-refractivity contribution is 0.0922. The van der Waals surface area contributed by atoms with E-state index in [-0.39, 0.29) is 5.91 Å². The lowest BCUT2D eigenvalue weighted by atomic mass is 10.1. The number of hydrogen-bond donors (Lipinski definition) is 1. The van der Waals surface area contributed by atoms with E-state index in [1.165, 1.54) is 0 Å². The van der Waals surface area contributed by atoms with Crippen LogP contribution in [0.25, 0.3) is 16.7 Å². The van der Waals surface area contributed by atoms with Gasteiger partial charge in [0, 0.05) is 37.2 Å². The SMILES string of the molecule is COCc1c(C(=O)NCCc2ccn(-c3ccccc3)n2)oc2ccccc12. The first kappa shape index (κ1) is 18.0. The van der Waals surface area contributed by atoms with Crippen LogP contribution < -0.4 is 5.32 Å². The van der Waals surface area contributed by atoms with E-state index in [0.29, 0.717) is 30.9 Å². The summed E-state index contributed by atoms with van der Waals surface area (Å²) in [7, 11) is 1.60. The molecule has 0 radical (unpaired) electrons. The van der Waals surface area contributed by atoms with Crippen molar-refractivity contribution >= 4 is 16.9 Å². The summed E-state index contributed by atoms with van der Waals surface area (Å²) in [6.07, 6.45) is 2.55. The fourth-order valence-electron chi connectivity index (χ4n) is 3.17. The summed E-state index contributed by atoms with van der Waals surface area (Å²) in [6.45, 7) is 0.787. The first-order chi connectivity index (χ1) is 13.8. The summed E-state index contributed by atoms with van der Waals surface area (Å²) in [5.41, 5.74) is 3.36. The van der Waals surface area contributed by atoms with Crippen LogP contribution in [0.5, 0.6) is 0 Å². The van der Waals surface area contributed by atoms with E-state index in [9.17, 15) is 4.79 Å². The van der Waals surface area contributed by atoms with Crippen molar-refractivity contribution in [1.82, 2.24) is 15.1 Å². The number of hydrogen-bond acceptors (Lipinski definition) is 4. The van der Waals surface area contributed by atoms with Gasteiger partial charge < -0.3 is 14.5 Å². The molecule has 1 amide bonds. The zero-order valence-corrected chi connectivity index (χ0v) is 15.6. The summed E-state index contributed by atoms with van der Waals surface area (Å²) in [4.78, 5) is 12.6. The number of nitrogens with one attached hydrogen (secondary N) is 1. The molecule has 28 heavy (non-hydrogen) atoms. The molecule has 0 aliphatic carbocycles. The van der Waals surface area contributed by atoms with Crippen LogP contribution in [0.3, 0.4) is 0 Å². The van der Waals surface area contributed by atoms with Gasteiger partial charge in [-0.3, -0.25) is 4.79 Å². The number of methoxy groups -OCH3 is 1. The number of carbonyl (C=O) groups excluding carboxylic acids is 1. The van der Waals surface area contributed by atoms with E-state index in [1.54, 1.807) is 7.11 Å². The molecule has 4 aromatic rings. The summed E-state index contributed by atoms with van der Waals surface area (Å²) in [5.74, 6) is 0.0589. The van der Waals surface area contributed by atoms with Crippen LogP contribution in [-0.2, 0) is 17.8 Å². The normalized spacial score (nSPS) is 11.0. The molecule has 0 spiro atoms. The summed E-state index contributed by atoms with van der Waals surface area (Å²) < 4.78 is 12.8. The van der Waals surface area contributed by atoms with Crippen molar-refractivity contribution < 1.29 is 13.9 Å². The molecular formula is C22H21N3O3. The maximum Gasteiger partial charge on any atom is 0.287 e. The van der Waals surface area contributed by atoms with Crippen LogP contribution in [0, 0.1) is 0 Å². The molecule has 0 aliphatic rings. The van der Waals surface area contributed by atoms with E-state index in [1.807, 2.05) is 71.5 Å². The largest absolute Gasteiger partial charge is 0.451 e. The van der Waals surface area contributed by atoms with Crippen LogP contribution in [0.4, 0.5) is 0 Å². The third kappa shape index (κ3) is 3.68. The van der Waals surface area contributed by atoms with E-state index >= 15 is 0 Å². The van der Waals surface area contributed by atoms with Crippen molar-refractivity contribution in [2.45, 2.75) is 13.0 Å². The fraction of sp³-hybridized carbons (Fsp3) is 0.182. The predicted octanol–water partition coefficient (Wildman–Crippen LogP) is 3.74. The van der Waals surface area contributed by atoms with Crippen molar-refractivity contribution in [2.24, 2.45) is 0 Å². The molecule has 6 heteroatoms. The lowest BCUT2D eigenvalue weighted by Crippen LogP contribution is -2.26. The maximum atomic E-state index is 12.6. The first-order valence-corrected chi connectivity index (χ1v) is 9.14. The molecule has 4 rings (SSSR count). The minimum absolute atomic E-state index is 0.245. The van der Waals surface area contributed by atoms with Gasteiger partial charge in [-0.2, -0.15) is 5.10 Å². The van der Waals surface area contributed by atoms with E-state index < -0.39 is 0 Å². The Hall–Kier alpha value is -3.38. The standard InChI is InChI=1S/C22H21N3O3/c1-27-15-19-18-9-5-6-10-20(18)28-21(19)22(26)23-13-11-16-12-14-25(24-16)17-7-3-2-4-8-17/h2-10,12,14H,11,13,15H2,1H3,(H,23,26). The van der Waals surface area contributed by atoms with Gasteiger partial charge in [0.05, 0.1) is 18.0 Å². The monoisotopic (exact) mass is 375 g/mol. The molecule has 6 nitrogen and oxygen atoms in total. The Labute approximate surface area is 162 Å². The Morgan fingerprint density at radius 1 is 1.11 bits per heavy atom. The van der Waals surface area contributed by atoms with Gasteiger partial charge >= 0.3 is 0 Å². The minimum atomic E-state index is -0.245. The number of para-hydroxylation sites is 2. The Morgan fingerprint density at radius 3 is 2.71 bits per heavy atom. The van der Waals surface area contributed by atoms with Crippen molar-refractivity contribution in [3.8, 4) is 5.69 Å². The Morgan fingerprint density at radius 2 is 1.89 bits per heavy atom. The fourth-order valence-corrected chi connectivity index (χ4v) is 3.17. The highest BCUT2D eigenvalue weighted by Gasteiger charge is 2.20. The molecule has 0 unspecified atom stereocenters. The zero-order chi connectivity index (χ0) is 19.3. The number of furan rings is 1. The van der Waals surface area contributed by atoms with Gasteiger partial charge in [0.1, 0.15) is 5.58 Å². The molecule has 0 bridgehead atoms. The number of amides is 1. The van der Waals surface area contributed by atoms with Crippen molar-refractivity contribution in [3.05, 3.63) is 83.9 Å². The molecule has 2 heterocycles. The van der Waals surface area contributed by atoms with E-state index in [0.717, 1.165) is 22.3 Å². The second-order valence-electron chi connectivity index (χ2n) is 6.43. The molecule has 2 aromatic heterocycles. The second-order valence-corrected chi connectivity index (χ2v) is 6.43. The molecule has 0 saturated heterocycles. The molecule has 0 saturated carbocycles. The number of carbonyl (C=O) groups is 1. The number of rotatable bonds is 7. The van der Waals surface area contributed by atoms with Gasteiger partial charge in [-0.1, -0.05) is 36.4 Å². The zero-order valence-electron chi connectivity index (χ0n) is 15.6. The molecule has 2 aromatic carbocycles. The van der Waals surface area contributed by atoms with Crippen molar-refractivity contribution in [1.29, 1.82) is 0 Å². The van der Waals surface area contributed by atoms with Crippen LogP contribution in [0.1, 0.15) is 21.8 Å². The molecule has 1 N–H and O–H groups in total. The lowest BCUT2D eigenvalue weighted by Gasteiger charge is -2.04. The minimum Gasteiger partial charge on any atom is -0.451 e. The second kappa shape index (κ2) is 8.10. The quantitative estimate of drug-likeness (QED) is 0.534. The third-order valence-electron chi connectivity index (χ3n) is 4.52. The Balaban J connectivity index is 1.42. The first-order valence-electron chi connectivity index (χ1n) is 9.14. The molecule has 0 aliphatic heterocycles. The Kier molecular flexibility index (Phi) is 5.21. The van der Waals surface area contributed by atoms with Crippen LogP contribution >= 0.6 is 0 Å². The Bertz CT molecular complexity index is 1080. The predicted molar refractivity (Wildman–Crippen MR) is 107 cm³/mol. The van der Waals surface area contributed by atoms with Gasteiger partial charge in [0.25, 0.3) is 5.91 Å². The summed E-state index contributed by atoms with van der Waals surface area (Å²) >= 11 is 0. The third-order valence-corrected chi connectivity index (χ3v) is 4.52. The van der Waals surface area contributed by atoms with Gasteiger partial charge in [-0.05, 0) is 24.3 Å². The molecular weight excluding hydrogens is 354 g/mol. The van der Waals surface area contributed by atoms with Gasteiger partial charge in [-0.25, -0.2) is 4.68 Å². The van der Waals surface area contributed by atoms with Gasteiger partial charge in [0.15, 0.2) is 5.76 Å². The highest BCUT2D eigenvalue weighted by Crippen LogP contribution is 2.26. The topological polar surface area (TPSA) is 69.3 Å². The van der Waals surface area contributed by atoms with Crippen LogP contribution in [0.15, 0.2) is 71.3 Å².